The van der Waals surface area contributed by atoms with Gasteiger partial charge in [0.2, 0.25) is 5.89 Å². The SMILES string of the molecule is COc1ccc(-c2nn(-c3ccc(C(F)(F)F)cc3)c(=N)o2)cc1. The van der Waals surface area contributed by atoms with Crippen LogP contribution in [-0.2, 0) is 6.18 Å². The van der Waals surface area contributed by atoms with Crippen LogP contribution in [-0.4, -0.2) is 16.9 Å². The van der Waals surface area contributed by atoms with Crippen LogP contribution in [0.2, 0.25) is 0 Å². The Bertz CT molecular complexity index is 894. The summed E-state index contributed by atoms with van der Waals surface area (Å²) in [6, 6.07) is 11.2. The first kappa shape index (κ1) is 15.9. The van der Waals surface area contributed by atoms with E-state index in [4.69, 9.17) is 14.6 Å². The van der Waals surface area contributed by atoms with Gasteiger partial charge < -0.3 is 9.15 Å². The Hall–Kier alpha value is -3.03. The number of nitrogens with zero attached hydrogens (tertiary/aromatic N) is 2. The van der Waals surface area contributed by atoms with E-state index in [-0.39, 0.29) is 11.6 Å². The van der Waals surface area contributed by atoms with Crippen molar-refractivity contribution in [2.24, 2.45) is 0 Å². The maximum atomic E-state index is 12.6. The van der Waals surface area contributed by atoms with Gasteiger partial charge in [0.15, 0.2) is 0 Å². The molecular formula is C16H12F3N3O2. The summed E-state index contributed by atoms with van der Waals surface area (Å²) >= 11 is 0. The van der Waals surface area contributed by atoms with Gasteiger partial charge in [0, 0.05) is 5.56 Å². The molecule has 0 radical (unpaired) electrons. The molecule has 0 spiro atoms. The van der Waals surface area contributed by atoms with E-state index in [1.165, 1.54) is 12.1 Å². The molecule has 0 aliphatic carbocycles. The summed E-state index contributed by atoms with van der Waals surface area (Å²) < 4.78 is 49.3. The third-order valence-corrected chi connectivity index (χ3v) is 3.35. The third kappa shape index (κ3) is 3.03. The summed E-state index contributed by atoms with van der Waals surface area (Å²) in [7, 11) is 1.54. The van der Waals surface area contributed by atoms with E-state index in [1.54, 1.807) is 31.4 Å². The number of methoxy groups -OCH3 is 1. The van der Waals surface area contributed by atoms with Crippen LogP contribution in [0.3, 0.4) is 0 Å². The predicted molar refractivity (Wildman–Crippen MR) is 78.7 cm³/mol. The van der Waals surface area contributed by atoms with Crippen LogP contribution < -0.4 is 10.4 Å². The molecule has 0 aliphatic rings. The number of benzene rings is 2. The van der Waals surface area contributed by atoms with E-state index in [0.29, 0.717) is 17.0 Å². The molecule has 1 aromatic heterocycles. The minimum Gasteiger partial charge on any atom is -0.497 e. The Morgan fingerprint density at radius 2 is 1.67 bits per heavy atom. The van der Waals surface area contributed by atoms with Crippen molar-refractivity contribution >= 4 is 0 Å². The van der Waals surface area contributed by atoms with E-state index in [1.807, 2.05) is 0 Å². The largest absolute Gasteiger partial charge is 0.497 e. The van der Waals surface area contributed by atoms with Crippen molar-refractivity contribution in [3.63, 3.8) is 0 Å². The maximum Gasteiger partial charge on any atom is 0.416 e. The highest BCUT2D eigenvalue weighted by Crippen LogP contribution is 2.29. The molecule has 24 heavy (non-hydrogen) atoms. The van der Waals surface area contributed by atoms with Crippen LogP contribution in [0.4, 0.5) is 13.2 Å². The molecule has 0 bridgehead atoms. The van der Waals surface area contributed by atoms with Gasteiger partial charge in [0.1, 0.15) is 5.75 Å². The highest BCUT2D eigenvalue weighted by molar-refractivity contribution is 5.54. The normalized spacial score (nSPS) is 11.5. The number of hydrogen-bond donors (Lipinski definition) is 1. The van der Waals surface area contributed by atoms with Crippen molar-refractivity contribution in [1.29, 1.82) is 5.41 Å². The first-order valence-corrected chi connectivity index (χ1v) is 6.85. The van der Waals surface area contributed by atoms with Crippen molar-refractivity contribution in [3.05, 3.63) is 59.8 Å². The van der Waals surface area contributed by atoms with Crippen LogP contribution >= 0.6 is 0 Å². The lowest BCUT2D eigenvalue weighted by molar-refractivity contribution is -0.137. The van der Waals surface area contributed by atoms with Crippen molar-refractivity contribution < 1.29 is 22.3 Å². The number of nitrogens with one attached hydrogen (secondary N) is 1. The van der Waals surface area contributed by atoms with Crippen molar-refractivity contribution in [2.45, 2.75) is 6.18 Å². The van der Waals surface area contributed by atoms with Gasteiger partial charge in [0.25, 0.3) is 0 Å². The second kappa shape index (κ2) is 5.88. The molecule has 0 saturated carbocycles. The molecule has 1 heterocycles. The zero-order valence-corrected chi connectivity index (χ0v) is 12.5. The van der Waals surface area contributed by atoms with E-state index in [9.17, 15) is 13.2 Å². The summed E-state index contributed by atoms with van der Waals surface area (Å²) in [4.78, 5) is 0. The lowest BCUT2D eigenvalue weighted by Crippen LogP contribution is -2.14. The maximum absolute atomic E-state index is 12.6. The summed E-state index contributed by atoms with van der Waals surface area (Å²) in [5.74, 6) is 0.842. The Kier molecular flexibility index (Phi) is 3.88. The van der Waals surface area contributed by atoms with Gasteiger partial charge in [-0.15, -0.1) is 5.10 Å². The van der Waals surface area contributed by atoms with Crippen LogP contribution in [0.15, 0.2) is 52.9 Å². The van der Waals surface area contributed by atoms with Crippen LogP contribution in [0.1, 0.15) is 5.56 Å². The zero-order valence-electron chi connectivity index (χ0n) is 12.5. The van der Waals surface area contributed by atoms with Crippen LogP contribution in [0.25, 0.3) is 17.1 Å². The fourth-order valence-corrected chi connectivity index (χ4v) is 2.11. The van der Waals surface area contributed by atoms with Crippen LogP contribution in [0.5, 0.6) is 5.75 Å². The molecular weight excluding hydrogens is 323 g/mol. The second-order valence-electron chi connectivity index (χ2n) is 4.90. The molecule has 2 aromatic carbocycles. The molecule has 0 aliphatic heterocycles. The Morgan fingerprint density at radius 3 is 2.21 bits per heavy atom. The fourth-order valence-electron chi connectivity index (χ4n) is 2.11. The molecule has 0 fully saturated rings. The summed E-state index contributed by atoms with van der Waals surface area (Å²) in [5.41, 5.74) is -0.135. The minimum absolute atomic E-state index is 0.183. The molecule has 0 amide bonds. The monoisotopic (exact) mass is 335 g/mol. The first-order chi connectivity index (χ1) is 11.4. The van der Waals surface area contributed by atoms with Gasteiger partial charge in [-0.1, -0.05) is 0 Å². The molecule has 0 saturated heterocycles. The fraction of sp³-hybridized carbons (Fsp3) is 0.125. The number of halogens is 3. The molecule has 0 atom stereocenters. The molecule has 3 aromatic rings. The van der Waals surface area contributed by atoms with Gasteiger partial charge in [-0.3, -0.25) is 0 Å². The molecule has 3 rings (SSSR count). The lowest BCUT2D eigenvalue weighted by Gasteiger charge is -2.06. The summed E-state index contributed by atoms with van der Waals surface area (Å²) in [6.45, 7) is 0. The van der Waals surface area contributed by atoms with E-state index >= 15 is 0 Å². The van der Waals surface area contributed by atoms with E-state index in [2.05, 4.69) is 5.10 Å². The number of ether oxygens (including phenoxy) is 1. The highest BCUT2D eigenvalue weighted by Gasteiger charge is 2.30. The molecule has 5 nitrogen and oxygen atoms in total. The molecule has 8 heteroatoms. The lowest BCUT2D eigenvalue weighted by atomic mass is 10.2. The summed E-state index contributed by atoms with van der Waals surface area (Å²) in [5, 5.41) is 12.0. The standard InChI is InChI=1S/C16H12F3N3O2/c1-23-13-8-2-10(3-9-13)14-21-22(15(20)24-14)12-6-4-11(5-7-12)16(17,18)19/h2-9,20H,1H3. The number of alkyl halides is 3. The van der Waals surface area contributed by atoms with Gasteiger partial charge in [-0.2, -0.15) is 17.9 Å². The van der Waals surface area contributed by atoms with Crippen molar-refractivity contribution in [2.75, 3.05) is 7.11 Å². The topological polar surface area (TPSA) is 64.0 Å². The van der Waals surface area contributed by atoms with Gasteiger partial charge in [-0.05, 0) is 48.5 Å². The molecule has 124 valence electrons. The Labute approximate surface area is 134 Å². The quantitative estimate of drug-likeness (QED) is 0.795. The predicted octanol–water partition coefficient (Wildman–Crippen LogP) is 3.64. The molecule has 0 unspecified atom stereocenters. The minimum atomic E-state index is -4.41. The van der Waals surface area contributed by atoms with Crippen molar-refractivity contribution in [3.8, 4) is 22.9 Å². The Balaban J connectivity index is 1.95. The van der Waals surface area contributed by atoms with Gasteiger partial charge in [-0.25, -0.2) is 5.41 Å². The highest BCUT2D eigenvalue weighted by atomic mass is 19.4. The average Bonchev–Trinajstić information content (AvgIpc) is 2.96. The second-order valence-corrected chi connectivity index (χ2v) is 4.90. The van der Waals surface area contributed by atoms with Gasteiger partial charge in [0.05, 0.1) is 18.4 Å². The zero-order chi connectivity index (χ0) is 17.3. The number of aromatic nitrogens is 2. The smallest absolute Gasteiger partial charge is 0.416 e. The first-order valence-electron chi connectivity index (χ1n) is 6.85. The number of hydrogen-bond acceptors (Lipinski definition) is 4. The summed E-state index contributed by atoms with van der Waals surface area (Å²) in [6.07, 6.45) is -4.41. The molecule has 1 N–H and O–H groups in total. The van der Waals surface area contributed by atoms with E-state index in [0.717, 1.165) is 16.8 Å². The van der Waals surface area contributed by atoms with E-state index < -0.39 is 11.7 Å². The average molecular weight is 335 g/mol. The van der Waals surface area contributed by atoms with Crippen LogP contribution in [0, 0.1) is 5.41 Å². The number of rotatable bonds is 3. The van der Waals surface area contributed by atoms with Crippen molar-refractivity contribution in [1.82, 2.24) is 9.78 Å². The Morgan fingerprint density at radius 1 is 1.04 bits per heavy atom. The van der Waals surface area contributed by atoms with Gasteiger partial charge >= 0.3 is 11.9 Å². The third-order valence-electron chi connectivity index (χ3n) is 3.35.